The summed E-state index contributed by atoms with van der Waals surface area (Å²) in [7, 11) is 0. The van der Waals surface area contributed by atoms with Gasteiger partial charge in [-0.25, -0.2) is 4.98 Å². The molecule has 1 aromatic heterocycles. The van der Waals surface area contributed by atoms with Crippen molar-refractivity contribution in [3.63, 3.8) is 0 Å². The SMILES string of the molecule is N#CCCCNC(=O)c1cc(Br)cnc1Br. The van der Waals surface area contributed by atoms with Crippen molar-refractivity contribution in [2.75, 3.05) is 6.54 Å². The summed E-state index contributed by atoms with van der Waals surface area (Å²) in [5, 5.41) is 11.1. The monoisotopic (exact) mass is 345 g/mol. The molecule has 0 aliphatic carbocycles. The van der Waals surface area contributed by atoms with Crippen LogP contribution in [-0.4, -0.2) is 17.4 Å². The van der Waals surface area contributed by atoms with Crippen LogP contribution in [0.15, 0.2) is 21.3 Å². The zero-order valence-corrected chi connectivity index (χ0v) is 11.5. The highest BCUT2D eigenvalue weighted by Gasteiger charge is 2.10. The normalized spacial score (nSPS) is 9.56. The minimum atomic E-state index is -0.196. The number of nitrogens with zero attached hydrogens (tertiary/aromatic N) is 2. The van der Waals surface area contributed by atoms with Crippen molar-refractivity contribution < 1.29 is 4.79 Å². The Morgan fingerprint density at radius 3 is 3.00 bits per heavy atom. The Balaban J connectivity index is 2.59. The van der Waals surface area contributed by atoms with Gasteiger partial charge in [0, 0.05) is 23.6 Å². The van der Waals surface area contributed by atoms with Crippen LogP contribution in [0, 0.1) is 11.3 Å². The number of halogens is 2. The average molecular weight is 347 g/mol. The number of amides is 1. The van der Waals surface area contributed by atoms with E-state index in [1.165, 1.54) is 0 Å². The van der Waals surface area contributed by atoms with Crippen molar-refractivity contribution in [1.82, 2.24) is 10.3 Å². The number of nitrogens with one attached hydrogen (secondary N) is 1. The summed E-state index contributed by atoms with van der Waals surface area (Å²) >= 11 is 6.46. The second-order valence-electron chi connectivity index (χ2n) is 3.01. The van der Waals surface area contributed by atoms with E-state index in [9.17, 15) is 4.79 Å². The van der Waals surface area contributed by atoms with Crippen molar-refractivity contribution in [2.45, 2.75) is 12.8 Å². The molecule has 16 heavy (non-hydrogen) atoms. The van der Waals surface area contributed by atoms with Crippen LogP contribution in [0.1, 0.15) is 23.2 Å². The maximum absolute atomic E-state index is 11.7. The van der Waals surface area contributed by atoms with E-state index in [4.69, 9.17) is 5.26 Å². The third-order valence-corrected chi connectivity index (χ3v) is 2.87. The fourth-order valence-electron chi connectivity index (χ4n) is 1.05. The van der Waals surface area contributed by atoms with Crippen LogP contribution in [0.3, 0.4) is 0 Å². The summed E-state index contributed by atoms with van der Waals surface area (Å²) in [5.74, 6) is -0.196. The van der Waals surface area contributed by atoms with Crippen LogP contribution in [0.25, 0.3) is 0 Å². The molecule has 0 radical (unpaired) electrons. The van der Waals surface area contributed by atoms with Gasteiger partial charge >= 0.3 is 0 Å². The van der Waals surface area contributed by atoms with E-state index in [1.807, 2.05) is 6.07 Å². The van der Waals surface area contributed by atoms with Crippen molar-refractivity contribution in [1.29, 1.82) is 5.26 Å². The molecule has 0 aromatic carbocycles. The van der Waals surface area contributed by atoms with E-state index in [-0.39, 0.29) is 5.91 Å². The highest BCUT2D eigenvalue weighted by molar-refractivity contribution is 9.11. The molecule has 0 saturated carbocycles. The molecule has 84 valence electrons. The minimum Gasteiger partial charge on any atom is -0.352 e. The summed E-state index contributed by atoms with van der Waals surface area (Å²) in [4.78, 5) is 15.7. The maximum Gasteiger partial charge on any atom is 0.254 e. The van der Waals surface area contributed by atoms with E-state index < -0.39 is 0 Å². The molecule has 1 amide bonds. The second kappa shape index (κ2) is 6.61. The van der Waals surface area contributed by atoms with Gasteiger partial charge in [0.1, 0.15) is 4.60 Å². The van der Waals surface area contributed by atoms with E-state index in [2.05, 4.69) is 42.2 Å². The Morgan fingerprint density at radius 1 is 1.56 bits per heavy atom. The van der Waals surface area contributed by atoms with Crippen LogP contribution in [-0.2, 0) is 0 Å². The van der Waals surface area contributed by atoms with Crippen molar-refractivity contribution in [2.24, 2.45) is 0 Å². The Bertz CT molecular complexity index is 429. The Hall–Kier alpha value is -0.930. The quantitative estimate of drug-likeness (QED) is 0.673. The summed E-state index contributed by atoms with van der Waals surface area (Å²) in [6, 6.07) is 3.71. The molecule has 0 aliphatic rings. The lowest BCUT2D eigenvalue weighted by atomic mass is 10.2. The molecule has 4 nitrogen and oxygen atoms in total. The molecular weight excluding hydrogens is 338 g/mol. The highest BCUT2D eigenvalue weighted by Crippen LogP contribution is 2.18. The number of nitriles is 1. The first-order valence-corrected chi connectivity index (χ1v) is 6.20. The van der Waals surface area contributed by atoms with E-state index in [1.54, 1.807) is 12.3 Å². The van der Waals surface area contributed by atoms with Gasteiger partial charge in [-0.15, -0.1) is 0 Å². The Morgan fingerprint density at radius 2 is 2.31 bits per heavy atom. The smallest absolute Gasteiger partial charge is 0.254 e. The Labute approximate surface area is 110 Å². The third kappa shape index (κ3) is 3.91. The lowest BCUT2D eigenvalue weighted by molar-refractivity contribution is 0.0952. The second-order valence-corrected chi connectivity index (χ2v) is 4.68. The topological polar surface area (TPSA) is 65.8 Å². The van der Waals surface area contributed by atoms with Gasteiger partial charge in [-0.05, 0) is 44.3 Å². The van der Waals surface area contributed by atoms with Crippen molar-refractivity contribution in [3.05, 3.63) is 26.9 Å². The molecule has 1 heterocycles. The van der Waals surface area contributed by atoms with Crippen LogP contribution in [0.4, 0.5) is 0 Å². The van der Waals surface area contributed by atoms with Crippen LogP contribution in [0.2, 0.25) is 0 Å². The van der Waals surface area contributed by atoms with Gasteiger partial charge in [-0.3, -0.25) is 4.79 Å². The number of carbonyl (C=O) groups is 1. The molecule has 1 N–H and O–H groups in total. The lowest BCUT2D eigenvalue weighted by Crippen LogP contribution is -2.25. The summed E-state index contributed by atoms with van der Waals surface area (Å²) < 4.78 is 1.26. The van der Waals surface area contributed by atoms with Crippen LogP contribution >= 0.6 is 31.9 Å². The first kappa shape index (κ1) is 13.1. The van der Waals surface area contributed by atoms with Gasteiger partial charge in [0.15, 0.2) is 0 Å². The standard InChI is InChI=1S/C10H9Br2N3O/c11-7-5-8(9(12)15-6-7)10(16)14-4-2-1-3-13/h5-6H,1-2,4H2,(H,14,16). The predicted molar refractivity (Wildman–Crippen MR) is 66.8 cm³/mol. The van der Waals surface area contributed by atoms with Gasteiger partial charge in [-0.1, -0.05) is 0 Å². The van der Waals surface area contributed by atoms with Crippen LogP contribution in [0.5, 0.6) is 0 Å². The molecule has 0 atom stereocenters. The van der Waals surface area contributed by atoms with Crippen LogP contribution < -0.4 is 5.32 Å². The summed E-state index contributed by atoms with van der Waals surface area (Å²) in [6.07, 6.45) is 2.70. The van der Waals surface area contributed by atoms with E-state index in [0.717, 1.165) is 4.47 Å². The molecule has 0 saturated heterocycles. The predicted octanol–water partition coefficient (Wildman–Crippen LogP) is 2.64. The molecule has 0 aliphatic heterocycles. The number of unbranched alkanes of at least 4 members (excludes halogenated alkanes) is 1. The van der Waals surface area contributed by atoms with E-state index in [0.29, 0.717) is 29.6 Å². The van der Waals surface area contributed by atoms with Gasteiger partial charge < -0.3 is 5.32 Å². The number of carbonyl (C=O) groups excluding carboxylic acids is 1. The number of rotatable bonds is 4. The first-order valence-electron chi connectivity index (χ1n) is 4.61. The molecule has 0 unspecified atom stereocenters. The molecule has 0 fully saturated rings. The van der Waals surface area contributed by atoms with Gasteiger partial charge in [0.25, 0.3) is 5.91 Å². The van der Waals surface area contributed by atoms with Gasteiger partial charge in [-0.2, -0.15) is 5.26 Å². The van der Waals surface area contributed by atoms with Crippen molar-refractivity contribution in [3.8, 4) is 6.07 Å². The zero-order chi connectivity index (χ0) is 12.0. The maximum atomic E-state index is 11.7. The zero-order valence-electron chi connectivity index (χ0n) is 8.33. The fraction of sp³-hybridized carbons (Fsp3) is 0.300. The number of hydrogen-bond donors (Lipinski definition) is 1. The fourth-order valence-corrected chi connectivity index (χ4v) is 1.77. The van der Waals surface area contributed by atoms with Crippen molar-refractivity contribution >= 4 is 37.8 Å². The largest absolute Gasteiger partial charge is 0.352 e. The number of hydrogen-bond acceptors (Lipinski definition) is 3. The summed E-state index contributed by atoms with van der Waals surface area (Å²) in [5.41, 5.74) is 0.478. The summed E-state index contributed by atoms with van der Waals surface area (Å²) in [6.45, 7) is 0.491. The van der Waals surface area contributed by atoms with E-state index >= 15 is 0 Å². The third-order valence-electron chi connectivity index (χ3n) is 1.80. The lowest BCUT2D eigenvalue weighted by Gasteiger charge is -2.05. The first-order chi connectivity index (χ1) is 7.65. The molecule has 6 heteroatoms. The molecule has 0 bridgehead atoms. The average Bonchev–Trinajstić information content (AvgIpc) is 2.27. The number of aromatic nitrogens is 1. The molecule has 1 rings (SSSR count). The highest BCUT2D eigenvalue weighted by atomic mass is 79.9. The number of pyridine rings is 1. The minimum absolute atomic E-state index is 0.196. The molecular formula is C10H9Br2N3O. The van der Waals surface area contributed by atoms with Gasteiger partial charge in [0.05, 0.1) is 11.6 Å². The molecule has 0 spiro atoms. The Kier molecular flexibility index (Phi) is 5.43. The molecule has 1 aromatic rings. The van der Waals surface area contributed by atoms with Gasteiger partial charge in [0.2, 0.25) is 0 Å².